The highest BCUT2D eigenvalue weighted by Gasteiger charge is 2.48. The minimum atomic E-state index is -0.916. The molecule has 0 bridgehead atoms. The third-order valence-electron chi connectivity index (χ3n) is 8.50. The molecule has 0 radical (unpaired) electrons. The van der Waals surface area contributed by atoms with Crippen LogP contribution in [0.4, 0.5) is 0 Å². The van der Waals surface area contributed by atoms with E-state index >= 15 is 0 Å². The summed E-state index contributed by atoms with van der Waals surface area (Å²) in [6.45, 7) is 7.93. The van der Waals surface area contributed by atoms with Crippen molar-refractivity contribution in [3.8, 4) is 0 Å². The van der Waals surface area contributed by atoms with E-state index in [1.165, 1.54) is 32.1 Å². The van der Waals surface area contributed by atoms with Crippen LogP contribution in [0.25, 0.3) is 10.9 Å². The Bertz CT molecular complexity index is 1050. The molecule has 0 spiro atoms. The number of rotatable bonds is 5. The number of benzene rings is 1. The second kappa shape index (κ2) is 10.3. The molecule has 3 heterocycles. The second-order valence-corrected chi connectivity index (χ2v) is 11.1. The molecule has 1 aromatic heterocycles. The van der Waals surface area contributed by atoms with Gasteiger partial charge in [-0.15, -0.1) is 0 Å². The maximum Gasteiger partial charge on any atom is 0.271 e. The van der Waals surface area contributed by atoms with Crippen molar-refractivity contribution in [2.45, 2.75) is 70.0 Å². The summed E-state index contributed by atoms with van der Waals surface area (Å²) in [6, 6.07) is 10.3. The van der Waals surface area contributed by atoms with Crippen LogP contribution >= 0.6 is 0 Å². The first kappa shape index (κ1) is 24.3. The Morgan fingerprint density at radius 1 is 1.00 bits per heavy atom. The van der Waals surface area contributed by atoms with Gasteiger partial charge in [0.1, 0.15) is 11.2 Å². The van der Waals surface area contributed by atoms with Crippen LogP contribution in [0.2, 0.25) is 0 Å². The lowest BCUT2D eigenvalue weighted by atomic mass is 9.92. The van der Waals surface area contributed by atoms with Gasteiger partial charge in [0.15, 0.2) is 0 Å². The number of hydrogen-bond donors (Lipinski definition) is 1. The van der Waals surface area contributed by atoms with Gasteiger partial charge in [-0.2, -0.15) is 0 Å². The molecule has 1 saturated heterocycles. The molecule has 2 aromatic rings. The fraction of sp³-hybridized carbons (Fsp3) is 0.643. The van der Waals surface area contributed by atoms with Crippen LogP contribution in [0.5, 0.6) is 0 Å². The monoisotopic (exact) mass is 479 g/mol. The summed E-state index contributed by atoms with van der Waals surface area (Å²) >= 11 is 0. The van der Waals surface area contributed by atoms with E-state index in [0.29, 0.717) is 18.8 Å². The Morgan fingerprint density at radius 3 is 2.43 bits per heavy atom. The van der Waals surface area contributed by atoms with Crippen LogP contribution in [0.1, 0.15) is 62.4 Å². The van der Waals surface area contributed by atoms with E-state index in [4.69, 9.17) is 0 Å². The summed E-state index contributed by atoms with van der Waals surface area (Å²) in [4.78, 5) is 34.5. The van der Waals surface area contributed by atoms with Crippen LogP contribution < -0.4 is 5.32 Å². The van der Waals surface area contributed by atoms with Crippen molar-refractivity contribution >= 4 is 22.7 Å². The second-order valence-electron chi connectivity index (χ2n) is 11.1. The number of carbonyl (C=O) groups excluding carboxylic acids is 2. The Morgan fingerprint density at radius 2 is 1.69 bits per heavy atom. The number of nitrogens with one attached hydrogen (secondary N) is 1. The van der Waals surface area contributed by atoms with Crippen molar-refractivity contribution in [3.63, 3.8) is 0 Å². The van der Waals surface area contributed by atoms with Crippen molar-refractivity contribution in [2.24, 2.45) is 0 Å². The largest absolute Gasteiger partial charge is 0.351 e. The average molecular weight is 480 g/mol. The van der Waals surface area contributed by atoms with Crippen molar-refractivity contribution in [3.05, 3.63) is 36.0 Å². The Balaban J connectivity index is 1.41. The smallest absolute Gasteiger partial charge is 0.271 e. The highest BCUT2D eigenvalue weighted by atomic mass is 16.2. The van der Waals surface area contributed by atoms with E-state index in [1.54, 1.807) is 0 Å². The van der Waals surface area contributed by atoms with Crippen LogP contribution in [-0.2, 0) is 11.3 Å². The molecular weight excluding hydrogens is 438 g/mol. The molecule has 1 aromatic carbocycles. The summed E-state index contributed by atoms with van der Waals surface area (Å²) in [5, 5.41) is 4.45. The molecule has 2 aliphatic heterocycles. The normalized spacial score (nSPS) is 25.3. The lowest BCUT2D eigenvalue weighted by Crippen LogP contribution is -2.66. The Hall–Kier alpha value is -2.38. The SMILES string of the molecule is CN1CCN(CCN2C(=O)c3cc4ccccc4n3C[C@@]2(C)C(=O)NC2CCCCCCC2)CC1. The van der Waals surface area contributed by atoms with Crippen molar-refractivity contribution < 1.29 is 9.59 Å². The highest BCUT2D eigenvalue weighted by molar-refractivity contribution is 6.03. The van der Waals surface area contributed by atoms with Crippen molar-refractivity contribution in [1.29, 1.82) is 0 Å². The first-order chi connectivity index (χ1) is 17.0. The summed E-state index contributed by atoms with van der Waals surface area (Å²) in [6.07, 6.45) is 8.20. The fourth-order valence-corrected chi connectivity index (χ4v) is 6.11. The van der Waals surface area contributed by atoms with Gasteiger partial charge in [-0.3, -0.25) is 14.5 Å². The first-order valence-electron chi connectivity index (χ1n) is 13.6. The number of nitrogens with zero attached hydrogens (tertiary/aromatic N) is 4. The van der Waals surface area contributed by atoms with E-state index in [9.17, 15) is 9.59 Å². The predicted octanol–water partition coefficient (Wildman–Crippen LogP) is 3.33. The molecule has 1 N–H and O–H groups in total. The number of piperazine rings is 1. The van der Waals surface area contributed by atoms with Crippen molar-refractivity contribution in [2.75, 3.05) is 46.3 Å². The molecule has 7 heteroatoms. The quantitative estimate of drug-likeness (QED) is 0.715. The molecule has 0 unspecified atom stereocenters. The van der Waals surface area contributed by atoms with E-state index in [1.807, 2.05) is 30.0 Å². The molecule has 3 aliphatic rings. The van der Waals surface area contributed by atoms with Gasteiger partial charge in [-0.25, -0.2) is 0 Å². The average Bonchev–Trinajstić information content (AvgIpc) is 3.20. The maximum absolute atomic E-state index is 14.0. The van der Waals surface area contributed by atoms with Gasteiger partial charge < -0.3 is 19.7 Å². The minimum absolute atomic E-state index is 0.00164. The van der Waals surface area contributed by atoms with Crippen LogP contribution in [0.15, 0.2) is 30.3 Å². The molecule has 2 amide bonds. The number of para-hydroxylation sites is 1. The number of aromatic nitrogens is 1. The molecule has 190 valence electrons. The number of fused-ring (bicyclic) bond motifs is 3. The molecule has 1 atom stereocenters. The number of hydrogen-bond acceptors (Lipinski definition) is 4. The number of likely N-dealkylation sites (N-methyl/N-ethyl adjacent to an activating group) is 1. The van der Waals surface area contributed by atoms with Crippen LogP contribution in [0.3, 0.4) is 0 Å². The summed E-state index contributed by atoms with van der Waals surface area (Å²) in [5.74, 6) is -0.0323. The Kier molecular flexibility index (Phi) is 7.17. The zero-order valence-corrected chi connectivity index (χ0v) is 21.5. The van der Waals surface area contributed by atoms with E-state index < -0.39 is 5.54 Å². The van der Waals surface area contributed by atoms with Crippen LogP contribution in [0, 0.1) is 0 Å². The Labute approximate surface area is 209 Å². The van der Waals surface area contributed by atoms with Gasteiger partial charge in [0.05, 0.1) is 6.54 Å². The molecule has 2 fully saturated rings. The predicted molar refractivity (Wildman–Crippen MR) is 140 cm³/mol. The maximum atomic E-state index is 14.0. The zero-order chi connectivity index (χ0) is 24.4. The molecule has 7 nitrogen and oxygen atoms in total. The summed E-state index contributed by atoms with van der Waals surface area (Å²) < 4.78 is 2.07. The van der Waals surface area contributed by atoms with Gasteiger partial charge >= 0.3 is 0 Å². The highest BCUT2D eigenvalue weighted by Crippen LogP contribution is 2.32. The van der Waals surface area contributed by atoms with Gasteiger partial charge in [-0.05, 0) is 38.9 Å². The molecule has 35 heavy (non-hydrogen) atoms. The van der Waals surface area contributed by atoms with Crippen LogP contribution in [-0.4, -0.2) is 89.0 Å². The van der Waals surface area contributed by atoms with Gasteiger partial charge in [0, 0.05) is 56.2 Å². The lowest BCUT2D eigenvalue weighted by Gasteiger charge is -2.45. The van der Waals surface area contributed by atoms with E-state index in [0.717, 1.165) is 56.5 Å². The first-order valence-corrected chi connectivity index (χ1v) is 13.6. The topological polar surface area (TPSA) is 60.8 Å². The van der Waals surface area contributed by atoms with Gasteiger partial charge in [0.25, 0.3) is 5.91 Å². The van der Waals surface area contributed by atoms with E-state index in [-0.39, 0.29) is 17.9 Å². The van der Waals surface area contributed by atoms with Gasteiger partial charge in [-0.1, -0.05) is 50.3 Å². The molecule has 1 aliphatic carbocycles. The van der Waals surface area contributed by atoms with Crippen molar-refractivity contribution in [1.82, 2.24) is 24.6 Å². The van der Waals surface area contributed by atoms with E-state index in [2.05, 4.69) is 38.9 Å². The number of carbonyl (C=O) groups is 2. The van der Waals surface area contributed by atoms with Gasteiger partial charge in [0.2, 0.25) is 5.91 Å². The summed E-state index contributed by atoms with van der Waals surface area (Å²) in [5.41, 5.74) is 0.807. The lowest BCUT2D eigenvalue weighted by molar-refractivity contribution is -0.133. The number of amides is 2. The molecule has 1 saturated carbocycles. The zero-order valence-electron chi connectivity index (χ0n) is 21.5. The molecule has 5 rings (SSSR count). The molecular formula is C28H41N5O2. The minimum Gasteiger partial charge on any atom is -0.351 e. The summed E-state index contributed by atoms with van der Waals surface area (Å²) in [7, 11) is 2.15. The third-order valence-corrected chi connectivity index (χ3v) is 8.50. The standard InChI is InChI=1S/C28H41N5O2/c1-28(27(35)29-23-11-6-4-3-5-7-12-23)21-32-24-13-9-8-10-22(24)20-25(32)26(34)33(28)19-18-31-16-14-30(2)15-17-31/h8-10,13,20,23H,3-7,11-12,14-19,21H2,1-2H3,(H,29,35)/t28-/m0/s1. The third kappa shape index (κ3) is 4.98. The fourth-order valence-electron chi connectivity index (χ4n) is 6.11.